The normalized spacial score (nSPS) is 20.6. The Balaban J connectivity index is 2.35. The number of hydrogen-bond acceptors (Lipinski definition) is 3. The average molecular weight is 539 g/mol. The van der Waals surface area contributed by atoms with Crippen LogP contribution in [-0.2, 0) is 14.2 Å². The fourth-order valence-electron chi connectivity index (χ4n) is 5.18. The van der Waals surface area contributed by atoms with Gasteiger partial charge in [0.2, 0.25) is 0 Å². The van der Waals surface area contributed by atoms with E-state index in [1.807, 2.05) is 13.8 Å². The molecule has 1 aromatic rings. The zero-order valence-corrected chi connectivity index (χ0v) is 24.0. The van der Waals surface area contributed by atoms with Gasteiger partial charge in [0.05, 0.1) is 0 Å². The van der Waals surface area contributed by atoms with Crippen molar-refractivity contribution < 1.29 is 14.2 Å². The Morgan fingerprint density at radius 3 is 1.90 bits per heavy atom. The van der Waals surface area contributed by atoms with E-state index in [4.69, 9.17) is 14.2 Å². The minimum absolute atomic E-state index is 0.0426. The molecule has 0 N–H and O–H groups in total. The Morgan fingerprint density at radius 2 is 1.48 bits per heavy atom. The van der Waals surface area contributed by atoms with Crippen molar-refractivity contribution in [3.05, 3.63) is 35.9 Å². The fraction of sp³-hybridized carbons (Fsp3) is 0.778. The molecule has 0 spiro atoms. The third kappa shape index (κ3) is 8.01. The molecule has 1 aromatic carbocycles. The summed E-state index contributed by atoms with van der Waals surface area (Å²) in [4.78, 5) is 0. The molecule has 1 heterocycles. The van der Waals surface area contributed by atoms with E-state index in [1.165, 1.54) is 57.4 Å². The van der Waals surface area contributed by atoms with Gasteiger partial charge in [-0.05, 0) is 0 Å². The molecule has 3 atom stereocenters. The van der Waals surface area contributed by atoms with E-state index >= 15 is 0 Å². The Labute approximate surface area is 196 Å². The van der Waals surface area contributed by atoms with Gasteiger partial charge in [-0.15, -0.1) is 0 Å². The summed E-state index contributed by atoms with van der Waals surface area (Å²) >= 11 is -2.53. The third-order valence-corrected chi connectivity index (χ3v) is 24.0. The first-order valence-corrected chi connectivity index (χ1v) is 20.6. The molecule has 0 unspecified atom stereocenters. The topological polar surface area (TPSA) is 27.7 Å². The summed E-state index contributed by atoms with van der Waals surface area (Å²) < 4.78 is 24.4. The van der Waals surface area contributed by atoms with Crippen molar-refractivity contribution in [2.24, 2.45) is 0 Å². The second kappa shape index (κ2) is 13.6. The van der Waals surface area contributed by atoms with Crippen LogP contribution in [0.5, 0.6) is 0 Å². The molecule has 178 valence electrons. The van der Waals surface area contributed by atoms with Crippen LogP contribution in [0.15, 0.2) is 30.3 Å². The van der Waals surface area contributed by atoms with Crippen LogP contribution in [0.3, 0.4) is 0 Å². The summed E-state index contributed by atoms with van der Waals surface area (Å²) in [6.45, 7) is 14.0. The van der Waals surface area contributed by atoms with Crippen molar-refractivity contribution in [3.8, 4) is 0 Å². The van der Waals surface area contributed by atoms with Crippen molar-refractivity contribution >= 4 is 18.4 Å². The van der Waals surface area contributed by atoms with Gasteiger partial charge in [-0.2, -0.15) is 0 Å². The summed E-state index contributed by atoms with van der Waals surface area (Å²) in [6, 6.07) is 10.7. The third-order valence-electron chi connectivity index (χ3n) is 6.95. The SMILES string of the molecule is CCC[CH2][Sn]([CH2]CCC)([CH2]CCC)[C@H](CC)O[C@@H](c1ccccc1)[C@H]1COC(C)(C)O1. The number of hydrogen-bond donors (Lipinski definition) is 0. The predicted molar refractivity (Wildman–Crippen MR) is 134 cm³/mol. The molecule has 1 saturated heterocycles. The van der Waals surface area contributed by atoms with Gasteiger partial charge in [-0.25, -0.2) is 0 Å². The van der Waals surface area contributed by atoms with Crippen molar-refractivity contribution in [1.82, 2.24) is 0 Å². The molecular formula is C27H48O3Sn. The van der Waals surface area contributed by atoms with Crippen LogP contribution in [0.2, 0.25) is 13.3 Å². The molecule has 2 rings (SSSR count). The van der Waals surface area contributed by atoms with Crippen LogP contribution in [0.1, 0.15) is 98.2 Å². The Hall–Kier alpha value is -0.101. The first-order valence-electron chi connectivity index (χ1n) is 12.9. The van der Waals surface area contributed by atoms with E-state index < -0.39 is 24.2 Å². The Kier molecular flexibility index (Phi) is 11.9. The molecular weight excluding hydrogens is 491 g/mol. The van der Waals surface area contributed by atoms with Gasteiger partial charge in [-0.1, -0.05) is 0 Å². The van der Waals surface area contributed by atoms with Crippen LogP contribution in [0.25, 0.3) is 0 Å². The van der Waals surface area contributed by atoms with Crippen LogP contribution < -0.4 is 0 Å². The quantitative estimate of drug-likeness (QED) is 0.211. The van der Waals surface area contributed by atoms with Gasteiger partial charge in [0.25, 0.3) is 0 Å². The summed E-state index contributed by atoms with van der Waals surface area (Å²) in [6.07, 6.45) is 9.04. The molecule has 1 aliphatic heterocycles. The zero-order chi connectivity index (χ0) is 22.7. The van der Waals surface area contributed by atoms with Gasteiger partial charge >= 0.3 is 197 Å². The first-order chi connectivity index (χ1) is 14.9. The summed E-state index contributed by atoms with van der Waals surface area (Å²) in [5, 5.41) is 0. The van der Waals surface area contributed by atoms with Gasteiger partial charge < -0.3 is 0 Å². The van der Waals surface area contributed by atoms with Gasteiger partial charge in [0.1, 0.15) is 0 Å². The van der Waals surface area contributed by atoms with Crippen molar-refractivity contribution in [3.63, 3.8) is 0 Å². The van der Waals surface area contributed by atoms with E-state index in [9.17, 15) is 0 Å². The first kappa shape index (κ1) is 27.1. The second-order valence-corrected chi connectivity index (χ2v) is 23.8. The van der Waals surface area contributed by atoms with Crippen LogP contribution in [0.4, 0.5) is 0 Å². The second-order valence-electron chi connectivity index (χ2n) is 9.90. The number of ether oxygens (including phenoxy) is 3. The van der Waals surface area contributed by atoms with Crippen molar-refractivity contribution in [2.75, 3.05) is 6.61 Å². The van der Waals surface area contributed by atoms with Crippen LogP contribution in [0, 0.1) is 0 Å². The monoisotopic (exact) mass is 540 g/mol. The van der Waals surface area contributed by atoms with E-state index in [-0.39, 0.29) is 12.2 Å². The van der Waals surface area contributed by atoms with E-state index in [2.05, 4.69) is 58.0 Å². The molecule has 0 bridgehead atoms. The molecule has 1 aliphatic rings. The minimum atomic E-state index is -2.53. The number of benzene rings is 1. The number of rotatable bonds is 15. The Morgan fingerprint density at radius 1 is 0.935 bits per heavy atom. The maximum absolute atomic E-state index is 7.21. The molecule has 0 aromatic heterocycles. The van der Waals surface area contributed by atoms with Crippen molar-refractivity contribution in [2.45, 2.75) is 122 Å². The van der Waals surface area contributed by atoms with E-state index in [0.29, 0.717) is 10.7 Å². The number of unbranched alkanes of at least 4 members (excludes halogenated alkanes) is 3. The summed E-state index contributed by atoms with van der Waals surface area (Å²) in [5.41, 5.74) is 1.23. The molecule has 4 heteroatoms. The van der Waals surface area contributed by atoms with E-state index in [0.717, 1.165) is 6.42 Å². The summed E-state index contributed by atoms with van der Waals surface area (Å²) in [7, 11) is 0. The van der Waals surface area contributed by atoms with Gasteiger partial charge in [0, 0.05) is 0 Å². The molecule has 0 amide bonds. The van der Waals surface area contributed by atoms with Crippen LogP contribution >= 0.6 is 0 Å². The Bertz CT molecular complexity index is 582. The molecule has 0 radical (unpaired) electrons. The molecule has 1 fully saturated rings. The predicted octanol–water partition coefficient (Wildman–Crippen LogP) is 8.06. The molecule has 31 heavy (non-hydrogen) atoms. The van der Waals surface area contributed by atoms with Gasteiger partial charge in [0.15, 0.2) is 0 Å². The molecule has 0 saturated carbocycles. The van der Waals surface area contributed by atoms with Gasteiger partial charge in [-0.3, -0.25) is 0 Å². The van der Waals surface area contributed by atoms with Crippen LogP contribution in [-0.4, -0.2) is 41.0 Å². The van der Waals surface area contributed by atoms with E-state index in [1.54, 1.807) is 0 Å². The van der Waals surface area contributed by atoms with Crippen molar-refractivity contribution in [1.29, 1.82) is 0 Å². The maximum atomic E-state index is 7.21. The molecule has 0 aliphatic carbocycles. The summed E-state index contributed by atoms with van der Waals surface area (Å²) in [5.74, 6) is -0.532. The average Bonchev–Trinajstić information content (AvgIpc) is 3.14. The molecule has 3 nitrogen and oxygen atoms in total. The fourth-order valence-corrected chi connectivity index (χ4v) is 22.9. The standard InChI is InChI=1S/C15H21O3.3C4H9.Sn/c1-4-10-16-14(12-8-6-5-7-9-12)13-11-17-15(2,3)18-13;3*1-3-4-2;/h5-10,13-14H,4,11H2,1-3H3;3*1,3-4H2,2H3;/t13-,14+;;;;/m1..../s1. The zero-order valence-electron chi connectivity index (χ0n) is 21.1.